The maximum absolute atomic E-state index is 13.8. The molecule has 2 rings (SSSR count). The van der Waals surface area contributed by atoms with Crippen LogP contribution in [-0.4, -0.2) is 7.05 Å². The zero-order chi connectivity index (χ0) is 13.0. The van der Waals surface area contributed by atoms with Crippen molar-refractivity contribution in [1.29, 1.82) is 0 Å². The fraction of sp³-hybridized carbons (Fsp3) is 0.600. The summed E-state index contributed by atoms with van der Waals surface area (Å²) in [5.41, 5.74) is 0.200. The first-order valence-electron chi connectivity index (χ1n) is 6.83. The second-order valence-corrected chi connectivity index (χ2v) is 5.22. The minimum Gasteiger partial charge on any atom is -0.313 e. The fourth-order valence-electron chi connectivity index (χ4n) is 2.98. The predicted octanol–water partition coefficient (Wildman–Crippen LogP) is 4.20. The molecule has 100 valence electrons. The number of hydrogen-bond donors (Lipinski definition) is 1. The van der Waals surface area contributed by atoms with E-state index in [9.17, 15) is 8.78 Å². The molecule has 0 aromatic heterocycles. The standard InChI is InChI=1S/C15H21F2N/c1-18-14(10-11-6-3-2-4-7-11)15-12(16)8-5-9-13(15)17/h5,8-9,11,14,18H,2-4,6-7,10H2,1H3. The van der Waals surface area contributed by atoms with Gasteiger partial charge in [0.2, 0.25) is 0 Å². The van der Waals surface area contributed by atoms with E-state index in [4.69, 9.17) is 0 Å². The van der Waals surface area contributed by atoms with E-state index in [1.165, 1.54) is 50.3 Å². The van der Waals surface area contributed by atoms with Crippen molar-refractivity contribution in [3.05, 3.63) is 35.4 Å². The molecule has 1 N–H and O–H groups in total. The van der Waals surface area contributed by atoms with Crippen LogP contribution >= 0.6 is 0 Å². The van der Waals surface area contributed by atoms with Crippen LogP contribution in [-0.2, 0) is 0 Å². The Kier molecular flexibility index (Phi) is 4.70. The van der Waals surface area contributed by atoms with Crippen molar-refractivity contribution in [3.8, 4) is 0 Å². The SMILES string of the molecule is CNC(CC1CCCCC1)c1c(F)cccc1F. The molecule has 0 bridgehead atoms. The molecule has 3 heteroatoms. The van der Waals surface area contributed by atoms with Crippen molar-refractivity contribution >= 4 is 0 Å². The minimum absolute atomic E-state index is 0.200. The first kappa shape index (κ1) is 13.5. The average molecular weight is 253 g/mol. The fourth-order valence-corrected chi connectivity index (χ4v) is 2.98. The van der Waals surface area contributed by atoms with Gasteiger partial charge in [0.15, 0.2) is 0 Å². The molecule has 0 radical (unpaired) electrons. The smallest absolute Gasteiger partial charge is 0.130 e. The lowest BCUT2D eigenvalue weighted by atomic mass is 9.83. The topological polar surface area (TPSA) is 12.0 Å². The molecule has 0 spiro atoms. The largest absolute Gasteiger partial charge is 0.313 e. The van der Waals surface area contributed by atoms with Crippen LogP contribution in [0.2, 0.25) is 0 Å². The number of rotatable bonds is 4. The predicted molar refractivity (Wildman–Crippen MR) is 69.4 cm³/mol. The summed E-state index contributed by atoms with van der Waals surface area (Å²) >= 11 is 0. The van der Waals surface area contributed by atoms with Crippen LogP contribution in [0.3, 0.4) is 0 Å². The summed E-state index contributed by atoms with van der Waals surface area (Å²) in [6, 6.07) is 3.88. The van der Waals surface area contributed by atoms with E-state index in [2.05, 4.69) is 5.32 Å². The van der Waals surface area contributed by atoms with Gasteiger partial charge in [0.25, 0.3) is 0 Å². The van der Waals surface area contributed by atoms with Crippen LogP contribution in [0.4, 0.5) is 8.78 Å². The summed E-state index contributed by atoms with van der Waals surface area (Å²) in [7, 11) is 1.78. The van der Waals surface area contributed by atoms with Gasteiger partial charge in [-0.2, -0.15) is 0 Å². The lowest BCUT2D eigenvalue weighted by molar-refractivity contribution is 0.299. The van der Waals surface area contributed by atoms with Gasteiger partial charge < -0.3 is 5.32 Å². The van der Waals surface area contributed by atoms with E-state index in [1.807, 2.05) is 0 Å². The molecule has 1 atom stereocenters. The van der Waals surface area contributed by atoms with Gasteiger partial charge in [-0.1, -0.05) is 38.2 Å². The second kappa shape index (κ2) is 6.28. The van der Waals surface area contributed by atoms with Crippen molar-refractivity contribution in [1.82, 2.24) is 5.32 Å². The third-order valence-electron chi connectivity index (χ3n) is 3.99. The van der Waals surface area contributed by atoms with E-state index in [-0.39, 0.29) is 11.6 Å². The lowest BCUT2D eigenvalue weighted by Gasteiger charge is -2.27. The van der Waals surface area contributed by atoms with E-state index in [0.717, 1.165) is 6.42 Å². The quantitative estimate of drug-likeness (QED) is 0.848. The molecule has 1 fully saturated rings. The van der Waals surface area contributed by atoms with Gasteiger partial charge in [-0.25, -0.2) is 8.78 Å². The van der Waals surface area contributed by atoms with Gasteiger partial charge in [-0.15, -0.1) is 0 Å². The summed E-state index contributed by atoms with van der Waals surface area (Å²) in [5, 5.41) is 3.07. The highest BCUT2D eigenvalue weighted by molar-refractivity contribution is 5.23. The van der Waals surface area contributed by atoms with E-state index < -0.39 is 11.6 Å². The molecule has 1 saturated carbocycles. The Morgan fingerprint density at radius 3 is 2.33 bits per heavy atom. The second-order valence-electron chi connectivity index (χ2n) is 5.22. The third-order valence-corrected chi connectivity index (χ3v) is 3.99. The molecule has 1 aliphatic carbocycles. The summed E-state index contributed by atoms with van der Waals surface area (Å²) in [4.78, 5) is 0. The monoisotopic (exact) mass is 253 g/mol. The molecule has 1 unspecified atom stereocenters. The van der Waals surface area contributed by atoms with Crippen LogP contribution in [0.15, 0.2) is 18.2 Å². The lowest BCUT2D eigenvalue weighted by Crippen LogP contribution is -2.23. The summed E-state index contributed by atoms with van der Waals surface area (Å²) in [5.74, 6) is -0.287. The van der Waals surface area contributed by atoms with Crippen LogP contribution in [0.5, 0.6) is 0 Å². The van der Waals surface area contributed by atoms with E-state index >= 15 is 0 Å². The zero-order valence-corrected chi connectivity index (χ0v) is 10.9. The summed E-state index contributed by atoms with van der Waals surface area (Å²) in [6.07, 6.45) is 7.01. The van der Waals surface area contributed by atoms with Gasteiger partial charge >= 0.3 is 0 Å². The molecule has 0 heterocycles. The molecule has 1 aromatic rings. The maximum atomic E-state index is 13.8. The Labute approximate surface area is 108 Å². The first-order valence-corrected chi connectivity index (χ1v) is 6.83. The van der Waals surface area contributed by atoms with Gasteiger partial charge in [0.05, 0.1) is 0 Å². The highest BCUT2D eigenvalue weighted by Crippen LogP contribution is 2.33. The third kappa shape index (κ3) is 3.08. The maximum Gasteiger partial charge on any atom is 0.130 e. The number of benzene rings is 1. The molecule has 1 aliphatic rings. The van der Waals surface area contributed by atoms with Crippen LogP contribution in [0.1, 0.15) is 50.1 Å². The number of nitrogens with one attached hydrogen (secondary N) is 1. The highest BCUT2D eigenvalue weighted by atomic mass is 19.1. The Balaban J connectivity index is 2.12. The van der Waals surface area contributed by atoms with Gasteiger partial charge in [-0.3, -0.25) is 0 Å². The Hall–Kier alpha value is -0.960. The molecule has 1 aromatic carbocycles. The Bertz CT molecular complexity index is 366. The average Bonchev–Trinajstić information content (AvgIpc) is 2.38. The molecular formula is C15H21F2N. The van der Waals surface area contributed by atoms with Crippen molar-refractivity contribution in [2.24, 2.45) is 5.92 Å². The van der Waals surface area contributed by atoms with Crippen LogP contribution in [0, 0.1) is 17.6 Å². The summed E-state index contributed by atoms with van der Waals surface area (Å²) < 4.78 is 27.5. The highest BCUT2D eigenvalue weighted by Gasteiger charge is 2.23. The normalized spacial score (nSPS) is 18.8. The van der Waals surface area contributed by atoms with E-state index in [0.29, 0.717) is 5.92 Å². The van der Waals surface area contributed by atoms with Gasteiger partial charge in [0, 0.05) is 11.6 Å². The molecule has 0 amide bonds. The van der Waals surface area contributed by atoms with Crippen molar-refractivity contribution in [2.45, 2.75) is 44.6 Å². The van der Waals surface area contributed by atoms with Crippen molar-refractivity contribution in [3.63, 3.8) is 0 Å². The molecule has 1 nitrogen and oxygen atoms in total. The van der Waals surface area contributed by atoms with E-state index in [1.54, 1.807) is 7.05 Å². The molecular weight excluding hydrogens is 232 g/mol. The Morgan fingerprint density at radius 1 is 1.17 bits per heavy atom. The van der Waals surface area contributed by atoms with Crippen molar-refractivity contribution in [2.75, 3.05) is 7.05 Å². The minimum atomic E-state index is -0.440. The van der Waals surface area contributed by atoms with Crippen LogP contribution < -0.4 is 5.32 Å². The van der Waals surface area contributed by atoms with Gasteiger partial charge in [-0.05, 0) is 31.5 Å². The summed E-state index contributed by atoms with van der Waals surface area (Å²) in [6.45, 7) is 0. The molecule has 18 heavy (non-hydrogen) atoms. The van der Waals surface area contributed by atoms with Crippen molar-refractivity contribution < 1.29 is 8.78 Å². The number of halogens is 2. The zero-order valence-electron chi connectivity index (χ0n) is 10.9. The van der Waals surface area contributed by atoms with Gasteiger partial charge in [0.1, 0.15) is 11.6 Å². The number of hydrogen-bond acceptors (Lipinski definition) is 1. The Morgan fingerprint density at radius 2 is 1.78 bits per heavy atom. The molecule has 0 aliphatic heterocycles. The van der Waals surface area contributed by atoms with Crippen LogP contribution in [0.25, 0.3) is 0 Å². The molecule has 0 saturated heterocycles. The first-order chi connectivity index (χ1) is 8.72.